The third-order valence-corrected chi connectivity index (χ3v) is 5.04. The lowest BCUT2D eigenvalue weighted by Crippen LogP contribution is -2.43. The Kier molecular flexibility index (Phi) is 3.29. The van der Waals surface area contributed by atoms with Crippen LogP contribution >= 0.6 is 11.8 Å². The lowest BCUT2D eigenvalue weighted by Gasteiger charge is -2.30. The van der Waals surface area contributed by atoms with Crippen LogP contribution in [-0.4, -0.2) is 22.5 Å². The van der Waals surface area contributed by atoms with Gasteiger partial charge in [0.2, 0.25) is 0 Å². The third kappa shape index (κ3) is 2.32. The number of aliphatic imine (C=N–C) groups is 1. The fourth-order valence-electron chi connectivity index (χ4n) is 2.34. The quantitative estimate of drug-likeness (QED) is 0.800. The largest absolute Gasteiger partial charge is 0.359 e. The predicted octanol–water partition coefficient (Wildman–Crippen LogP) is 3.04. The standard InChI is InChI=1S/C12H22N2S/c1-4-12(5-2)8-15-11(14-12)13-10-6-9(3)7-10/h9-10H,4-8H2,1-3H3,(H,13,14). The maximum atomic E-state index is 4.79. The molecular weight excluding hydrogens is 204 g/mol. The molecule has 0 aromatic rings. The monoisotopic (exact) mass is 226 g/mol. The van der Waals surface area contributed by atoms with E-state index in [1.54, 1.807) is 0 Å². The molecule has 0 atom stereocenters. The molecule has 86 valence electrons. The summed E-state index contributed by atoms with van der Waals surface area (Å²) in [6, 6.07) is 0.611. The van der Waals surface area contributed by atoms with E-state index in [1.165, 1.54) is 36.6 Å². The highest BCUT2D eigenvalue weighted by molar-refractivity contribution is 8.14. The SMILES string of the molecule is CCC1(CC)CSC(=NC2CC(C)C2)N1. The smallest absolute Gasteiger partial charge is 0.157 e. The van der Waals surface area contributed by atoms with E-state index in [2.05, 4.69) is 26.1 Å². The van der Waals surface area contributed by atoms with E-state index in [-0.39, 0.29) is 0 Å². The van der Waals surface area contributed by atoms with Crippen LogP contribution in [0.4, 0.5) is 0 Å². The first kappa shape index (κ1) is 11.3. The fourth-order valence-corrected chi connectivity index (χ4v) is 3.74. The van der Waals surface area contributed by atoms with Crippen molar-refractivity contribution >= 4 is 16.9 Å². The normalized spacial score (nSPS) is 36.3. The van der Waals surface area contributed by atoms with Crippen LogP contribution in [0.5, 0.6) is 0 Å². The number of nitrogens with zero attached hydrogens (tertiary/aromatic N) is 1. The van der Waals surface area contributed by atoms with Crippen LogP contribution in [0.1, 0.15) is 46.5 Å². The molecule has 2 aliphatic rings. The molecule has 2 fully saturated rings. The van der Waals surface area contributed by atoms with Gasteiger partial charge >= 0.3 is 0 Å². The van der Waals surface area contributed by atoms with Gasteiger partial charge in [0, 0.05) is 11.3 Å². The van der Waals surface area contributed by atoms with Gasteiger partial charge in [0.1, 0.15) is 0 Å². The molecule has 1 heterocycles. The van der Waals surface area contributed by atoms with Crippen molar-refractivity contribution in [1.82, 2.24) is 5.32 Å². The van der Waals surface area contributed by atoms with Gasteiger partial charge in [-0.3, -0.25) is 4.99 Å². The molecule has 1 N–H and O–H groups in total. The van der Waals surface area contributed by atoms with Crippen molar-refractivity contribution in [2.45, 2.75) is 58.0 Å². The van der Waals surface area contributed by atoms with Crippen molar-refractivity contribution < 1.29 is 0 Å². The summed E-state index contributed by atoms with van der Waals surface area (Å²) in [6.07, 6.45) is 4.99. The summed E-state index contributed by atoms with van der Waals surface area (Å²) >= 11 is 1.92. The first-order valence-corrected chi connectivity index (χ1v) is 7.15. The maximum absolute atomic E-state index is 4.79. The molecule has 15 heavy (non-hydrogen) atoms. The number of nitrogens with one attached hydrogen (secondary N) is 1. The van der Waals surface area contributed by atoms with E-state index in [1.807, 2.05) is 11.8 Å². The summed E-state index contributed by atoms with van der Waals surface area (Å²) in [4.78, 5) is 4.79. The molecule has 2 rings (SSSR count). The van der Waals surface area contributed by atoms with Crippen LogP contribution < -0.4 is 5.32 Å². The zero-order valence-electron chi connectivity index (χ0n) is 10.0. The van der Waals surface area contributed by atoms with Gasteiger partial charge in [-0.05, 0) is 31.6 Å². The highest BCUT2D eigenvalue weighted by Gasteiger charge is 2.35. The van der Waals surface area contributed by atoms with Gasteiger partial charge in [-0.15, -0.1) is 0 Å². The average Bonchev–Trinajstić information content (AvgIpc) is 2.60. The number of amidine groups is 1. The average molecular weight is 226 g/mol. The van der Waals surface area contributed by atoms with E-state index < -0.39 is 0 Å². The van der Waals surface area contributed by atoms with E-state index in [9.17, 15) is 0 Å². The van der Waals surface area contributed by atoms with E-state index in [0.29, 0.717) is 11.6 Å². The minimum atomic E-state index is 0.332. The minimum absolute atomic E-state index is 0.332. The van der Waals surface area contributed by atoms with E-state index >= 15 is 0 Å². The number of hydrogen-bond donors (Lipinski definition) is 1. The van der Waals surface area contributed by atoms with Crippen molar-refractivity contribution in [3.05, 3.63) is 0 Å². The Bertz CT molecular complexity index is 252. The molecule has 1 aliphatic heterocycles. The highest BCUT2D eigenvalue weighted by Crippen LogP contribution is 2.33. The van der Waals surface area contributed by atoms with Gasteiger partial charge in [0.05, 0.1) is 6.04 Å². The Morgan fingerprint density at radius 2 is 2.07 bits per heavy atom. The molecule has 0 spiro atoms. The molecule has 0 radical (unpaired) electrons. The summed E-state index contributed by atoms with van der Waals surface area (Å²) in [7, 11) is 0. The molecule has 0 bridgehead atoms. The van der Waals surface area contributed by atoms with Gasteiger partial charge in [-0.2, -0.15) is 0 Å². The Morgan fingerprint density at radius 3 is 2.53 bits per heavy atom. The lowest BCUT2D eigenvalue weighted by molar-refractivity contribution is 0.291. The first-order chi connectivity index (χ1) is 7.17. The third-order valence-electron chi connectivity index (χ3n) is 3.86. The molecule has 1 aliphatic carbocycles. The van der Waals surface area contributed by atoms with Crippen molar-refractivity contribution in [1.29, 1.82) is 0 Å². The zero-order valence-corrected chi connectivity index (χ0v) is 10.9. The van der Waals surface area contributed by atoms with Gasteiger partial charge < -0.3 is 5.32 Å². The minimum Gasteiger partial charge on any atom is -0.359 e. The highest BCUT2D eigenvalue weighted by atomic mass is 32.2. The molecule has 1 saturated heterocycles. The van der Waals surface area contributed by atoms with Crippen LogP contribution in [-0.2, 0) is 0 Å². The van der Waals surface area contributed by atoms with E-state index in [0.717, 1.165) is 5.92 Å². The number of thioether (sulfide) groups is 1. The molecule has 3 heteroatoms. The Labute approximate surface area is 97.3 Å². The van der Waals surface area contributed by atoms with Gasteiger partial charge in [-0.25, -0.2) is 0 Å². The summed E-state index contributed by atoms with van der Waals surface area (Å²) < 4.78 is 0. The summed E-state index contributed by atoms with van der Waals surface area (Å²) in [5.41, 5.74) is 0.332. The maximum Gasteiger partial charge on any atom is 0.157 e. The summed E-state index contributed by atoms with van der Waals surface area (Å²) in [5, 5.41) is 4.83. The molecule has 0 aromatic heterocycles. The zero-order chi connectivity index (χ0) is 10.9. The van der Waals surface area contributed by atoms with Gasteiger partial charge in [0.15, 0.2) is 5.17 Å². The molecular formula is C12H22N2S. The summed E-state index contributed by atoms with van der Waals surface area (Å²) in [6.45, 7) is 6.85. The Morgan fingerprint density at radius 1 is 1.40 bits per heavy atom. The van der Waals surface area contributed by atoms with Gasteiger partial charge in [0.25, 0.3) is 0 Å². The predicted molar refractivity (Wildman–Crippen MR) is 68.5 cm³/mol. The fraction of sp³-hybridized carbons (Fsp3) is 0.917. The molecule has 0 amide bonds. The number of rotatable bonds is 3. The van der Waals surface area contributed by atoms with Crippen molar-refractivity contribution in [2.24, 2.45) is 10.9 Å². The van der Waals surface area contributed by atoms with Crippen LogP contribution in [0, 0.1) is 5.92 Å². The van der Waals surface area contributed by atoms with E-state index in [4.69, 9.17) is 4.99 Å². The second-order valence-electron chi connectivity index (χ2n) is 5.07. The summed E-state index contributed by atoms with van der Waals surface area (Å²) in [5.74, 6) is 2.09. The number of hydrogen-bond acceptors (Lipinski definition) is 2. The van der Waals surface area contributed by atoms with Crippen molar-refractivity contribution in [2.75, 3.05) is 5.75 Å². The van der Waals surface area contributed by atoms with Crippen LogP contribution in [0.25, 0.3) is 0 Å². The van der Waals surface area contributed by atoms with Crippen LogP contribution in [0.2, 0.25) is 0 Å². The second kappa shape index (κ2) is 4.36. The molecule has 0 unspecified atom stereocenters. The topological polar surface area (TPSA) is 24.4 Å². The Balaban J connectivity index is 1.91. The Hall–Kier alpha value is -0.180. The van der Waals surface area contributed by atoms with Crippen LogP contribution in [0.3, 0.4) is 0 Å². The van der Waals surface area contributed by atoms with Crippen molar-refractivity contribution in [3.8, 4) is 0 Å². The molecule has 0 aromatic carbocycles. The van der Waals surface area contributed by atoms with Gasteiger partial charge in [-0.1, -0.05) is 32.5 Å². The molecule has 1 saturated carbocycles. The van der Waals surface area contributed by atoms with Crippen LogP contribution in [0.15, 0.2) is 4.99 Å². The second-order valence-corrected chi connectivity index (χ2v) is 6.03. The molecule has 2 nitrogen and oxygen atoms in total. The van der Waals surface area contributed by atoms with Crippen molar-refractivity contribution in [3.63, 3.8) is 0 Å². The lowest BCUT2D eigenvalue weighted by atomic mass is 9.82. The first-order valence-electron chi connectivity index (χ1n) is 6.16.